The van der Waals surface area contributed by atoms with E-state index >= 15 is 0 Å². The Morgan fingerprint density at radius 1 is 1.03 bits per heavy atom. The summed E-state index contributed by atoms with van der Waals surface area (Å²) in [4.78, 5) is 27.9. The number of hydrogen-bond acceptors (Lipinski definition) is 7. The largest absolute Gasteiger partial charge is 0.507 e. The molecule has 180 valence electrons. The summed E-state index contributed by atoms with van der Waals surface area (Å²) in [5, 5.41) is 20.5. The van der Waals surface area contributed by atoms with Gasteiger partial charge in [-0.25, -0.2) is 0 Å². The van der Waals surface area contributed by atoms with Crippen molar-refractivity contribution < 1.29 is 28.9 Å². The molecule has 0 bridgehead atoms. The zero-order valence-electron chi connectivity index (χ0n) is 19.6. The molecule has 2 aliphatic rings. The maximum Gasteiger partial charge on any atom is 0.300 e. The van der Waals surface area contributed by atoms with Gasteiger partial charge in [-0.15, -0.1) is 0 Å². The number of ketones is 1. The SMILES string of the molecule is CC(C)Oc1ccc(C2/C(=C(/O)c3ccc4c(c3)OCO4)C(=O)C(=O)N2c2ccc(C#N)cc2)cc1. The van der Waals surface area contributed by atoms with E-state index in [1.54, 1.807) is 66.7 Å². The topological polar surface area (TPSA) is 109 Å². The molecule has 2 aliphatic heterocycles. The zero-order valence-corrected chi connectivity index (χ0v) is 19.6. The molecule has 1 atom stereocenters. The number of nitriles is 1. The lowest BCUT2D eigenvalue weighted by atomic mass is 9.95. The van der Waals surface area contributed by atoms with Gasteiger partial charge >= 0.3 is 0 Å². The van der Waals surface area contributed by atoms with Crippen LogP contribution in [0.4, 0.5) is 5.69 Å². The normalized spacial score (nSPS) is 17.9. The first-order valence-electron chi connectivity index (χ1n) is 11.3. The average molecular weight is 482 g/mol. The number of aliphatic hydroxyl groups excluding tert-OH is 1. The molecule has 1 amide bonds. The highest BCUT2D eigenvalue weighted by Gasteiger charge is 2.47. The number of benzene rings is 3. The van der Waals surface area contributed by atoms with Gasteiger partial charge in [0.25, 0.3) is 11.7 Å². The summed E-state index contributed by atoms with van der Waals surface area (Å²) in [6.07, 6.45) is -0.0221. The summed E-state index contributed by atoms with van der Waals surface area (Å²) in [6, 6.07) is 19.4. The lowest BCUT2D eigenvalue weighted by Crippen LogP contribution is -2.29. The van der Waals surface area contributed by atoms with Crippen LogP contribution in [0.1, 0.15) is 36.6 Å². The fraction of sp³-hybridized carbons (Fsp3) is 0.179. The van der Waals surface area contributed by atoms with Crippen LogP contribution in [0.15, 0.2) is 72.3 Å². The third kappa shape index (κ3) is 4.01. The van der Waals surface area contributed by atoms with Gasteiger partial charge < -0.3 is 19.3 Å². The van der Waals surface area contributed by atoms with Crippen molar-refractivity contribution in [2.75, 3.05) is 11.7 Å². The summed E-state index contributed by atoms with van der Waals surface area (Å²) in [7, 11) is 0. The van der Waals surface area contributed by atoms with Crippen LogP contribution in [0.25, 0.3) is 5.76 Å². The van der Waals surface area contributed by atoms with Crippen molar-refractivity contribution in [3.05, 3.63) is 89.0 Å². The van der Waals surface area contributed by atoms with Crippen molar-refractivity contribution in [2.45, 2.75) is 26.0 Å². The maximum atomic E-state index is 13.3. The van der Waals surface area contributed by atoms with Crippen LogP contribution in [-0.4, -0.2) is 29.7 Å². The predicted molar refractivity (Wildman–Crippen MR) is 131 cm³/mol. The Kier molecular flexibility index (Phi) is 5.82. The molecule has 36 heavy (non-hydrogen) atoms. The molecule has 0 radical (unpaired) electrons. The minimum absolute atomic E-state index is 0.0221. The van der Waals surface area contributed by atoms with Gasteiger partial charge in [-0.05, 0) is 74.0 Å². The lowest BCUT2D eigenvalue weighted by Gasteiger charge is -2.25. The van der Waals surface area contributed by atoms with E-state index in [4.69, 9.17) is 19.5 Å². The molecular formula is C28H22N2O6. The number of Topliss-reactive ketones (excluding diaryl/α,β-unsaturated/α-hetero) is 1. The van der Waals surface area contributed by atoms with Crippen molar-refractivity contribution in [2.24, 2.45) is 0 Å². The van der Waals surface area contributed by atoms with Crippen LogP contribution in [0.5, 0.6) is 17.2 Å². The van der Waals surface area contributed by atoms with Gasteiger partial charge in [0.05, 0.1) is 29.4 Å². The Bertz CT molecular complexity index is 1420. The van der Waals surface area contributed by atoms with Gasteiger partial charge in [0.15, 0.2) is 11.5 Å². The number of carbonyl (C=O) groups is 2. The third-order valence-electron chi connectivity index (χ3n) is 5.93. The number of carbonyl (C=O) groups excluding carboxylic acids is 2. The Balaban J connectivity index is 1.65. The molecule has 1 N–H and O–H groups in total. The molecule has 3 aromatic rings. The van der Waals surface area contributed by atoms with E-state index in [9.17, 15) is 14.7 Å². The van der Waals surface area contributed by atoms with E-state index in [1.165, 1.54) is 4.90 Å². The Labute approximate surface area is 207 Å². The number of hydrogen-bond donors (Lipinski definition) is 1. The van der Waals surface area contributed by atoms with Crippen LogP contribution in [0.3, 0.4) is 0 Å². The number of fused-ring (bicyclic) bond motifs is 1. The van der Waals surface area contributed by atoms with Gasteiger partial charge in [0.2, 0.25) is 6.79 Å². The second-order valence-electron chi connectivity index (χ2n) is 8.63. The molecule has 0 spiro atoms. The molecule has 1 saturated heterocycles. The third-order valence-corrected chi connectivity index (χ3v) is 5.93. The second kappa shape index (κ2) is 9.12. The monoisotopic (exact) mass is 482 g/mol. The summed E-state index contributed by atoms with van der Waals surface area (Å²) >= 11 is 0. The summed E-state index contributed by atoms with van der Waals surface area (Å²) in [5.41, 5.74) is 1.72. The minimum atomic E-state index is -0.906. The molecule has 8 heteroatoms. The lowest BCUT2D eigenvalue weighted by molar-refractivity contribution is -0.132. The molecule has 1 fully saturated rings. The van der Waals surface area contributed by atoms with Gasteiger partial charge in [-0.1, -0.05) is 12.1 Å². The number of nitrogens with zero attached hydrogens (tertiary/aromatic N) is 2. The van der Waals surface area contributed by atoms with Crippen molar-refractivity contribution in [1.82, 2.24) is 0 Å². The van der Waals surface area contributed by atoms with E-state index in [0.29, 0.717) is 39.6 Å². The molecule has 2 heterocycles. The molecular weight excluding hydrogens is 460 g/mol. The maximum absolute atomic E-state index is 13.3. The molecule has 0 aromatic heterocycles. The van der Waals surface area contributed by atoms with Gasteiger partial charge in [0.1, 0.15) is 11.5 Å². The highest BCUT2D eigenvalue weighted by atomic mass is 16.7. The smallest absolute Gasteiger partial charge is 0.300 e. The van der Waals surface area contributed by atoms with Crippen LogP contribution >= 0.6 is 0 Å². The Morgan fingerprint density at radius 3 is 2.39 bits per heavy atom. The molecule has 0 saturated carbocycles. The number of rotatable bonds is 5. The fourth-order valence-corrected chi connectivity index (χ4v) is 4.31. The molecule has 8 nitrogen and oxygen atoms in total. The number of amides is 1. The highest BCUT2D eigenvalue weighted by molar-refractivity contribution is 6.51. The van der Waals surface area contributed by atoms with E-state index < -0.39 is 17.7 Å². The number of ether oxygens (including phenoxy) is 3. The highest BCUT2D eigenvalue weighted by Crippen LogP contribution is 2.43. The van der Waals surface area contributed by atoms with Crippen LogP contribution < -0.4 is 19.1 Å². The summed E-state index contributed by atoms with van der Waals surface area (Å²) in [5.74, 6) is -0.319. The Hall–Kier alpha value is -4.77. The standard InChI is InChI=1S/C28H22N2O6/c1-16(2)36-21-10-5-18(6-11-21)25-24(26(31)19-7-12-22-23(13-19)35-15-34-22)27(32)28(33)30(25)20-8-3-17(14-29)4-9-20/h3-13,16,25,31H,15H2,1-2H3/b26-24-. The second-order valence-corrected chi connectivity index (χ2v) is 8.63. The number of aliphatic hydroxyl groups is 1. The van der Waals surface area contributed by atoms with Gasteiger partial charge in [0, 0.05) is 11.3 Å². The molecule has 1 unspecified atom stereocenters. The van der Waals surface area contributed by atoms with Crippen molar-refractivity contribution >= 4 is 23.1 Å². The average Bonchev–Trinajstić information content (AvgIpc) is 3.46. The first-order chi connectivity index (χ1) is 17.4. The summed E-state index contributed by atoms with van der Waals surface area (Å²) < 4.78 is 16.5. The van der Waals surface area contributed by atoms with E-state index in [2.05, 4.69) is 0 Å². The number of anilines is 1. The van der Waals surface area contributed by atoms with Crippen LogP contribution in [-0.2, 0) is 9.59 Å². The molecule has 5 rings (SSSR count). The van der Waals surface area contributed by atoms with Crippen molar-refractivity contribution in [3.63, 3.8) is 0 Å². The fourth-order valence-electron chi connectivity index (χ4n) is 4.31. The first-order valence-corrected chi connectivity index (χ1v) is 11.3. The minimum Gasteiger partial charge on any atom is -0.507 e. The molecule has 0 aliphatic carbocycles. The van der Waals surface area contributed by atoms with Crippen LogP contribution in [0.2, 0.25) is 0 Å². The quantitative estimate of drug-likeness (QED) is 0.319. The van der Waals surface area contributed by atoms with Gasteiger partial charge in [-0.2, -0.15) is 5.26 Å². The van der Waals surface area contributed by atoms with Crippen molar-refractivity contribution in [3.8, 4) is 23.3 Å². The zero-order chi connectivity index (χ0) is 25.4. The van der Waals surface area contributed by atoms with Crippen molar-refractivity contribution in [1.29, 1.82) is 5.26 Å². The predicted octanol–water partition coefficient (Wildman–Crippen LogP) is 4.70. The summed E-state index contributed by atoms with van der Waals surface area (Å²) in [6.45, 7) is 3.89. The van der Waals surface area contributed by atoms with Crippen LogP contribution in [0, 0.1) is 11.3 Å². The Morgan fingerprint density at radius 2 is 1.72 bits per heavy atom. The van der Waals surface area contributed by atoms with Gasteiger partial charge in [-0.3, -0.25) is 14.5 Å². The van der Waals surface area contributed by atoms with E-state index in [0.717, 1.165) is 0 Å². The first kappa shape index (κ1) is 23.0. The van der Waals surface area contributed by atoms with E-state index in [1.807, 2.05) is 19.9 Å². The van der Waals surface area contributed by atoms with E-state index in [-0.39, 0.29) is 24.2 Å². The molecule has 3 aromatic carbocycles.